The molecular formula is C21H19FN4O4. The lowest BCUT2D eigenvalue weighted by Crippen LogP contribution is -2.43. The Labute approximate surface area is 171 Å². The lowest BCUT2D eigenvalue weighted by atomic mass is 9.87. The smallest absolute Gasteiger partial charge is 0.325 e. The van der Waals surface area contributed by atoms with Gasteiger partial charge in [0.05, 0.1) is 12.7 Å². The van der Waals surface area contributed by atoms with Crippen molar-refractivity contribution < 1.29 is 23.2 Å². The number of ether oxygens (including phenoxy) is 1. The molecule has 1 atom stereocenters. The summed E-state index contributed by atoms with van der Waals surface area (Å²) in [7, 11) is 1.53. The van der Waals surface area contributed by atoms with Gasteiger partial charge in [0.2, 0.25) is 11.7 Å². The number of hydrogen-bond acceptors (Lipinski definition) is 6. The second-order valence-electron chi connectivity index (χ2n) is 6.80. The molecule has 0 bridgehead atoms. The van der Waals surface area contributed by atoms with Gasteiger partial charge in [0, 0.05) is 0 Å². The lowest BCUT2D eigenvalue weighted by Gasteiger charge is -2.25. The van der Waals surface area contributed by atoms with Gasteiger partial charge >= 0.3 is 6.03 Å². The zero-order chi connectivity index (χ0) is 21.3. The number of carbonyl (C=O) groups excluding carboxylic acids is 2. The molecule has 9 heteroatoms. The van der Waals surface area contributed by atoms with Gasteiger partial charge in [0.1, 0.15) is 23.7 Å². The molecule has 1 N–H and O–H groups in total. The number of aromatic nitrogens is 2. The molecule has 1 aliphatic rings. The first kappa shape index (κ1) is 19.6. The highest BCUT2D eigenvalue weighted by atomic mass is 19.1. The molecule has 4 rings (SSSR count). The molecule has 1 unspecified atom stereocenters. The van der Waals surface area contributed by atoms with Crippen molar-refractivity contribution >= 4 is 11.9 Å². The summed E-state index contributed by atoms with van der Waals surface area (Å²) < 4.78 is 23.9. The van der Waals surface area contributed by atoms with Crippen molar-refractivity contribution in [3.63, 3.8) is 0 Å². The van der Waals surface area contributed by atoms with E-state index in [1.54, 1.807) is 19.1 Å². The molecule has 0 spiro atoms. The Bertz CT molecular complexity index is 1100. The highest BCUT2D eigenvalue weighted by Gasteiger charge is 2.51. The van der Waals surface area contributed by atoms with Gasteiger partial charge in [-0.2, -0.15) is 4.98 Å². The molecular weight excluding hydrogens is 391 g/mol. The minimum absolute atomic E-state index is 0.102. The number of halogens is 1. The van der Waals surface area contributed by atoms with Crippen LogP contribution in [0.4, 0.5) is 9.18 Å². The van der Waals surface area contributed by atoms with E-state index in [4.69, 9.17) is 9.26 Å². The number of hydrogen-bond donors (Lipinski definition) is 1. The monoisotopic (exact) mass is 410 g/mol. The van der Waals surface area contributed by atoms with E-state index >= 15 is 0 Å². The Kier molecular flexibility index (Phi) is 4.94. The van der Waals surface area contributed by atoms with Crippen LogP contribution in [-0.2, 0) is 16.9 Å². The van der Waals surface area contributed by atoms with E-state index in [9.17, 15) is 14.0 Å². The summed E-state index contributed by atoms with van der Waals surface area (Å²) in [5.41, 5.74) is -0.134. The second kappa shape index (κ2) is 7.58. The van der Waals surface area contributed by atoms with Crippen molar-refractivity contribution in [2.24, 2.45) is 0 Å². The summed E-state index contributed by atoms with van der Waals surface area (Å²) >= 11 is 0. The second-order valence-corrected chi connectivity index (χ2v) is 6.80. The van der Waals surface area contributed by atoms with Crippen LogP contribution < -0.4 is 10.1 Å². The third-order valence-corrected chi connectivity index (χ3v) is 5.15. The average Bonchev–Trinajstić information content (AvgIpc) is 3.33. The molecule has 3 amide bonds. The van der Waals surface area contributed by atoms with Crippen LogP contribution in [0.15, 0.2) is 53.1 Å². The van der Waals surface area contributed by atoms with E-state index in [0.717, 1.165) is 4.90 Å². The third-order valence-electron chi connectivity index (χ3n) is 5.15. The molecule has 1 aliphatic heterocycles. The Balaban J connectivity index is 1.60. The average molecular weight is 410 g/mol. The summed E-state index contributed by atoms with van der Waals surface area (Å²) in [5.74, 6) is 0.0772. The van der Waals surface area contributed by atoms with Gasteiger partial charge < -0.3 is 14.6 Å². The van der Waals surface area contributed by atoms with Crippen LogP contribution in [0.1, 0.15) is 24.8 Å². The molecule has 3 aromatic rings. The van der Waals surface area contributed by atoms with Crippen molar-refractivity contribution in [2.75, 3.05) is 7.11 Å². The number of urea groups is 1. The first-order valence-electron chi connectivity index (χ1n) is 9.34. The zero-order valence-corrected chi connectivity index (χ0v) is 16.4. The van der Waals surface area contributed by atoms with Crippen LogP contribution in [0.25, 0.3) is 11.4 Å². The van der Waals surface area contributed by atoms with Crippen molar-refractivity contribution in [2.45, 2.75) is 25.4 Å². The normalized spacial score (nSPS) is 18.6. The van der Waals surface area contributed by atoms with Crippen molar-refractivity contribution in [3.8, 4) is 17.1 Å². The highest BCUT2D eigenvalue weighted by Crippen LogP contribution is 2.33. The molecule has 154 valence electrons. The van der Waals surface area contributed by atoms with Gasteiger partial charge in [0.25, 0.3) is 5.91 Å². The van der Waals surface area contributed by atoms with E-state index in [2.05, 4.69) is 15.5 Å². The number of carbonyl (C=O) groups is 2. The summed E-state index contributed by atoms with van der Waals surface area (Å²) in [6.07, 6.45) is 0.302. The molecule has 2 aromatic carbocycles. The summed E-state index contributed by atoms with van der Waals surface area (Å²) in [4.78, 5) is 31.1. The van der Waals surface area contributed by atoms with Gasteiger partial charge in [-0.05, 0) is 36.2 Å². The molecule has 0 saturated carbocycles. The fourth-order valence-corrected chi connectivity index (χ4v) is 3.54. The SMILES string of the molecule is CCC1(c2ccc(F)cc2)NC(=O)N(Cc2nc(-c3ccccc3OC)no2)C1=O. The Hall–Kier alpha value is -3.75. The number of amides is 3. The number of nitrogens with one attached hydrogen (secondary N) is 1. The van der Waals surface area contributed by atoms with Crippen LogP contribution >= 0.6 is 0 Å². The molecule has 8 nitrogen and oxygen atoms in total. The number of methoxy groups -OCH3 is 1. The predicted octanol–water partition coefficient (Wildman–Crippen LogP) is 3.24. The first-order chi connectivity index (χ1) is 14.5. The molecule has 0 radical (unpaired) electrons. The van der Waals surface area contributed by atoms with Crippen molar-refractivity contribution in [1.82, 2.24) is 20.4 Å². The minimum atomic E-state index is -1.27. The number of nitrogens with zero attached hydrogens (tertiary/aromatic N) is 3. The minimum Gasteiger partial charge on any atom is -0.496 e. The summed E-state index contributed by atoms with van der Waals surface area (Å²) in [6, 6.07) is 12.1. The number of para-hydroxylation sites is 1. The zero-order valence-electron chi connectivity index (χ0n) is 16.4. The van der Waals surface area contributed by atoms with Gasteiger partial charge in [-0.25, -0.2) is 9.18 Å². The van der Waals surface area contributed by atoms with Gasteiger partial charge in [-0.15, -0.1) is 0 Å². The molecule has 2 heterocycles. The largest absolute Gasteiger partial charge is 0.496 e. The van der Waals surface area contributed by atoms with Crippen LogP contribution in [0.2, 0.25) is 0 Å². The van der Waals surface area contributed by atoms with Crippen LogP contribution in [0.5, 0.6) is 5.75 Å². The lowest BCUT2D eigenvalue weighted by molar-refractivity contribution is -0.132. The number of rotatable bonds is 6. The maximum atomic E-state index is 13.3. The number of imide groups is 1. The maximum Gasteiger partial charge on any atom is 0.325 e. The molecule has 30 heavy (non-hydrogen) atoms. The Morgan fingerprint density at radius 1 is 1.17 bits per heavy atom. The molecule has 1 aromatic heterocycles. The topological polar surface area (TPSA) is 97.6 Å². The van der Waals surface area contributed by atoms with Gasteiger partial charge in [-0.1, -0.05) is 36.3 Å². The molecule has 1 saturated heterocycles. The van der Waals surface area contributed by atoms with Crippen LogP contribution in [0, 0.1) is 5.82 Å². The van der Waals surface area contributed by atoms with E-state index < -0.39 is 23.3 Å². The Morgan fingerprint density at radius 3 is 2.60 bits per heavy atom. The Morgan fingerprint density at radius 2 is 1.90 bits per heavy atom. The van der Waals surface area contributed by atoms with E-state index in [-0.39, 0.29) is 18.3 Å². The predicted molar refractivity (Wildman–Crippen MR) is 104 cm³/mol. The standard InChI is InChI=1S/C21H19FN4O4/c1-3-21(13-8-10-14(22)11-9-13)19(27)26(20(28)24-21)12-17-23-18(25-30-17)15-6-4-5-7-16(15)29-2/h4-11H,3,12H2,1-2H3,(H,24,28). The third kappa shape index (κ3) is 3.18. The first-order valence-corrected chi connectivity index (χ1v) is 9.34. The molecule has 0 aliphatic carbocycles. The fourth-order valence-electron chi connectivity index (χ4n) is 3.54. The van der Waals surface area contributed by atoms with Crippen molar-refractivity contribution in [1.29, 1.82) is 0 Å². The maximum absolute atomic E-state index is 13.3. The van der Waals surface area contributed by atoms with Crippen molar-refractivity contribution in [3.05, 3.63) is 65.8 Å². The summed E-state index contributed by atoms with van der Waals surface area (Å²) in [6.45, 7) is 1.59. The highest BCUT2D eigenvalue weighted by molar-refractivity contribution is 6.07. The quantitative estimate of drug-likeness (QED) is 0.627. The van der Waals surface area contributed by atoms with E-state index in [1.807, 2.05) is 12.1 Å². The van der Waals surface area contributed by atoms with Crippen LogP contribution in [0.3, 0.4) is 0 Å². The van der Waals surface area contributed by atoms with E-state index in [0.29, 0.717) is 23.3 Å². The van der Waals surface area contributed by atoms with Gasteiger partial charge in [-0.3, -0.25) is 9.69 Å². The molecule has 1 fully saturated rings. The summed E-state index contributed by atoms with van der Waals surface area (Å²) in [5, 5.41) is 6.67. The van der Waals surface area contributed by atoms with Gasteiger partial charge in [0.15, 0.2) is 0 Å². The van der Waals surface area contributed by atoms with Crippen LogP contribution in [-0.4, -0.2) is 34.1 Å². The fraction of sp³-hybridized carbons (Fsp3) is 0.238. The number of benzene rings is 2. The van der Waals surface area contributed by atoms with E-state index in [1.165, 1.54) is 31.4 Å².